The van der Waals surface area contributed by atoms with Crippen molar-refractivity contribution in [2.75, 3.05) is 24.5 Å². The lowest BCUT2D eigenvalue weighted by Gasteiger charge is -2.47. The van der Waals surface area contributed by atoms with Crippen LogP contribution in [0.1, 0.15) is 45.7 Å². The van der Waals surface area contributed by atoms with E-state index in [2.05, 4.69) is 62.7 Å². The van der Waals surface area contributed by atoms with E-state index in [9.17, 15) is 9.90 Å². The van der Waals surface area contributed by atoms with Gasteiger partial charge in [0.05, 0.1) is 11.6 Å². The maximum atomic E-state index is 11.7. The summed E-state index contributed by atoms with van der Waals surface area (Å²) in [6, 6.07) is 6.34. The van der Waals surface area contributed by atoms with Gasteiger partial charge >= 0.3 is 6.09 Å². The molecule has 1 fully saturated rings. The number of amides is 1. The van der Waals surface area contributed by atoms with Gasteiger partial charge in [0.25, 0.3) is 0 Å². The van der Waals surface area contributed by atoms with Gasteiger partial charge in [-0.2, -0.15) is 0 Å². The van der Waals surface area contributed by atoms with Gasteiger partial charge in [-0.05, 0) is 42.9 Å². The summed E-state index contributed by atoms with van der Waals surface area (Å²) in [7, 11) is 0. The summed E-state index contributed by atoms with van der Waals surface area (Å²) in [5.74, 6) is 0. The Kier molecular flexibility index (Phi) is 4.30. The maximum Gasteiger partial charge on any atom is 0.407 e. The zero-order valence-electron chi connectivity index (χ0n) is 15.9. The molecule has 136 valence electrons. The minimum absolute atomic E-state index is 0.0279. The van der Waals surface area contributed by atoms with Gasteiger partial charge < -0.3 is 14.9 Å². The van der Waals surface area contributed by atoms with Crippen LogP contribution in [0.2, 0.25) is 0 Å². The van der Waals surface area contributed by atoms with Crippen LogP contribution in [-0.4, -0.2) is 53.5 Å². The number of benzene rings is 1. The number of fused-ring (bicyclic) bond motifs is 1. The average molecular weight is 343 g/mol. The third-order valence-electron chi connectivity index (χ3n) is 5.32. The van der Waals surface area contributed by atoms with Gasteiger partial charge in [-0.3, -0.25) is 4.99 Å². The number of rotatable bonds is 1. The summed E-state index contributed by atoms with van der Waals surface area (Å²) in [6.07, 6.45) is 2.08. The number of hydrogen-bond acceptors (Lipinski definition) is 3. The van der Waals surface area contributed by atoms with Gasteiger partial charge in [0.15, 0.2) is 0 Å². The van der Waals surface area contributed by atoms with Crippen LogP contribution >= 0.6 is 0 Å². The third-order valence-corrected chi connectivity index (χ3v) is 5.32. The number of anilines is 1. The molecular weight excluding hydrogens is 314 g/mol. The largest absolute Gasteiger partial charge is 0.465 e. The molecule has 1 aromatic carbocycles. The lowest BCUT2D eigenvalue weighted by atomic mass is 9.83. The van der Waals surface area contributed by atoms with Crippen LogP contribution in [0.25, 0.3) is 0 Å². The fourth-order valence-corrected chi connectivity index (χ4v) is 3.90. The van der Waals surface area contributed by atoms with Crippen LogP contribution in [0.5, 0.6) is 0 Å². The molecule has 1 aromatic rings. The van der Waals surface area contributed by atoms with Crippen molar-refractivity contribution in [3.05, 3.63) is 29.3 Å². The van der Waals surface area contributed by atoms with Gasteiger partial charge in [-0.25, -0.2) is 4.79 Å². The van der Waals surface area contributed by atoms with Gasteiger partial charge in [0.1, 0.15) is 0 Å². The topological polar surface area (TPSA) is 56.1 Å². The van der Waals surface area contributed by atoms with E-state index in [1.165, 1.54) is 16.8 Å². The molecule has 1 N–H and O–H groups in total. The maximum absolute atomic E-state index is 11.7. The molecule has 5 heteroatoms. The van der Waals surface area contributed by atoms with Gasteiger partial charge in [-0.15, -0.1) is 0 Å². The fourth-order valence-electron chi connectivity index (χ4n) is 3.90. The summed E-state index contributed by atoms with van der Waals surface area (Å²) >= 11 is 0. The summed E-state index contributed by atoms with van der Waals surface area (Å²) < 4.78 is 0. The molecule has 0 aliphatic carbocycles. The lowest BCUT2D eigenvalue weighted by Crippen LogP contribution is -2.59. The minimum atomic E-state index is -0.817. The Morgan fingerprint density at radius 3 is 2.64 bits per heavy atom. The number of aliphatic imine (C=N–C) groups is 1. The first kappa shape index (κ1) is 17.8. The summed E-state index contributed by atoms with van der Waals surface area (Å²) in [5.41, 5.74) is 3.56. The zero-order chi connectivity index (χ0) is 18.4. The van der Waals surface area contributed by atoms with Crippen molar-refractivity contribution in [2.24, 2.45) is 10.4 Å². The molecule has 2 aliphatic rings. The Balaban J connectivity index is 1.94. The molecule has 2 heterocycles. The zero-order valence-corrected chi connectivity index (χ0v) is 15.9. The first-order valence-corrected chi connectivity index (χ1v) is 9.00. The number of piperazine rings is 1. The Morgan fingerprint density at radius 2 is 2.00 bits per heavy atom. The highest BCUT2D eigenvalue weighted by molar-refractivity contribution is 5.86. The predicted molar refractivity (Wildman–Crippen MR) is 102 cm³/mol. The van der Waals surface area contributed by atoms with Crippen molar-refractivity contribution in [3.8, 4) is 0 Å². The van der Waals surface area contributed by atoms with E-state index in [-0.39, 0.29) is 17.0 Å². The summed E-state index contributed by atoms with van der Waals surface area (Å²) in [4.78, 5) is 20.3. The number of carboxylic acid groups (broad SMARTS) is 1. The van der Waals surface area contributed by atoms with Crippen LogP contribution in [-0.2, 0) is 6.42 Å². The smallest absolute Gasteiger partial charge is 0.407 e. The predicted octanol–water partition coefficient (Wildman–Crippen LogP) is 3.65. The molecule has 0 bridgehead atoms. The average Bonchev–Trinajstić information content (AvgIpc) is 2.52. The lowest BCUT2D eigenvalue weighted by molar-refractivity contribution is 0.0748. The van der Waals surface area contributed by atoms with E-state index >= 15 is 0 Å². The quantitative estimate of drug-likeness (QED) is 0.847. The molecule has 25 heavy (non-hydrogen) atoms. The van der Waals surface area contributed by atoms with Crippen molar-refractivity contribution in [1.29, 1.82) is 0 Å². The van der Waals surface area contributed by atoms with Crippen LogP contribution < -0.4 is 4.90 Å². The van der Waals surface area contributed by atoms with E-state index in [4.69, 9.17) is 0 Å². The van der Waals surface area contributed by atoms with Gasteiger partial charge in [-0.1, -0.05) is 32.9 Å². The van der Waals surface area contributed by atoms with Crippen LogP contribution in [0.4, 0.5) is 10.5 Å². The van der Waals surface area contributed by atoms with Crippen LogP contribution in [0.15, 0.2) is 23.2 Å². The van der Waals surface area contributed by atoms with E-state index in [0.29, 0.717) is 6.54 Å². The van der Waals surface area contributed by atoms with Crippen molar-refractivity contribution in [3.63, 3.8) is 0 Å². The number of carbonyl (C=O) groups is 1. The Bertz CT molecular complexity index is 703. The second-order valence-corrected chi connectivity index (χ2v) is 8.90. The minimum Gasteiger partial charge on any atom is -0.465 e. The number of nitrogens with zero attached hydrogens (tertiary/aromatic N) is 3. The first-order valence-electron chi connectivity index (χ1n) is 9.00. The fraction of sp³-hybridized carbons (Fsp3) is 0.600. The number of hydrogen-bond donors (Lipinski definition) is 1. The highest BCUT2D eigenvalue weighted by atomic mass is 16.4. The van der Waals surface area contributed by atoms with E-state index < -0.39 is 6.09 Å². The molecule has 1 amide bonds. The molecule has 5 nitrogen and oxygen atoms in total. The second-order valence-electron chi connectivity index (χ2n) is 8.90. The second kappa shape index (κ2) is 6.04. The molecule has 0 aromatic heterocycles. The molecule has 1 saturated heterocycles. The summed E-state index contributed by atoms with van der Waals surface area (Å²) in [6.45, 7) is 12.7. The normalized spacial score (nSPS) is 22.7. The Hall–Kier alpha value is -2.04. The molecule has 2 aliphatic heterocycles. The van der Waals surface area contributed by atoms with Gasteiger partial charge in [0.2, 0.25) is 0 Å². The molecule has 3 rings (SSSR count). The third kappa shape index (κ3) is 3.51. The monoisotopic (exact) mass is 343 g/mol. The first-order chi connectivity index (χ1) is 11.6. The summed E-state index contributed by atoms with van der Waals surface area (Å²) in [5, 5.41) is 9.58. The van der Waals surface area contributed by atoms with Crippen molar-refractivity contribution >= 4 is 18.0 Å². The van der Waals surface area contributed by atoms with Crippen molar-refractivity contribution in [2.45, 2.75) is 52.6 Å². The van der Waals surface area contributed by atoms with E-state index in [1.54, 1.807) is 4.90 Å². The highest BCUT2D eigenvalue weighted by Crippen LogP contribution is 2.35. The molecule has 0 saturated carbocycles. The van der Waals surface area contributed by atoms with Crippen LogP contribution in [0, 0.1) is 5.41 Å². The molecule has 0 spiro atoms. The molecular formula is C20H29N3O2. The Labute approximate surface area is 150 Å². The van der Waals surface area contributed by atoms with Crippen LogP contribution in [0.3, 0.4) is 0 Å². The van der Waals surface area contributed by atoms with E-state index in [0.717, 1.165) is 19.5 Å². The van der Waals surface area contributed by atoms with E-state index in [1.807, 2.05) is 6.21 Å². The van der Waals surface area contributed by atoms with Crippen molar-refractivity contribution in [1.82, 2.24) is 4.90 Å². The molecule has 1 unspecified atom stereocenters. The highest BCUT2D eigenvalue weighted by Gasteiger charge is 2.39. The SMILES string of the molecule is CC1(C)Cc2c(cccc2N2CCN(C(=O)O)C(C(C)(C)C)C2)C=N1. The molecule has 1 atom stereocenters. The van der Waals surface area contributed by atoms with Crippen molar-refractivity contribution < 1.29 is 9.90 Å². The molecule has 0 radical (unpaired) electrons. The Morgan fingerprint density at radius 1 is 1.28 bits per heavy atom. The standard InChI is InChI=1S/C20H29N3O2/c1-19(2,3)17-13-22(9-10-23(17)18(24)25)16-8-6-7-14-12-21-20(4,5)11-15(14)16/h6-8,12,17H,9-11,13H2,1-5H3,(H,24,25). The van der Waals surface area contributed by atoms with Gasteiger partial charge in [0, 0.05) is 31.5 Å².